The molecule has 7 heteroatoms. The number of hydrogen-bond donors (Lipinski definition) is 1. The lowest BCUT2D eigenvalue weighted by molar-refractivity contribution is -0.137. The van der Waals surface area contributed by atoms with Crippen LogP contribution in [0.2, 0.25) is 0 Å². The van der Waals surface area contributed by atoms with Crippen LogP contribution in [-0.4, -0.2) is 49.8 Å². The molecule has 1 N–H and O–H groups in total. The van der Waals surface area contributed by atoms with Gasteiger partial charge in [-0.05, 0) is 42.6 Å². The fourth-order valence-electron chi connectivity index (χ4n) is 1.89. The van der Waals surface area contributed by atoms with Gasteiger partial charge in [-0.15, -0.1) is 5.10 Å². The fraction of sp³-hybridized carbons (Fsp3) is 0.385. The van der Waals surface area contributed by atoms with Crippen molar-refractivity contribution in [2.24, 2.45) is 0 Å². The van der Waals surface area contributed by atoms with Crippen molar-refractivity contribution in [3.63, 3.8) is 0 Å². The Balaban J connectivity index is 1.97. The van der Waals surface area contributed by atoms with Crippen LogP contribution in [0.3, 0.4) is 0 Å². The van der Waals surface area contributed by atoms with Gasteiger partial charge in [-0.3, -0.25) is 9.69 Å². The second-order valence-corrected chi connectivity index (χ2v) is 4.58. The van der Waals surface area contributed by atoms with Gasteiger partial charge < -0.3 is 5.11 Å². The number of aliphatic carboxylic acids is 1. The number of rotatable bonds is 7. The predicted octanol–water partition coefficient (Wildman–Crippen LogP) is 0.959. The number of aromatic nitrogens is 4. The predicted molar refractivity (Wildman–Crippen MR) is 72.4 cm³/mol. The molecule has 106 valence electrons. The smallest absolute Gasteiger partial charge is 0.303 e. The highest BCUT2D eigenvalue weighted by Crippen LogP contribution is 2.08. The van der Waals surface area contributed by atoms with Crippen molar-refractivity contribution in [1.29, 1.82) is 0 Å². The van der Waals surface area contributed by atoms with Crippen molar-refractivity contribution in [2.75, 3.05) is 13.6 Å². The molecule has 2 aromatic rings. The van der Waals surface area contributed by atoms with Crippen LogP contribution in [0.25, 0.3) is 5.69 Å². The Kier molecular flexibility index (Phi) is 4.78. The highest BCUT2D eigenvalue weighted by atomic mass is 16.4. The van der Waals surface area contributed by atoms with Gasteiger partial charge in [0.25, 0.3) is 0 Å². The lowest BCUT2D eigenvalue weighted by Crippen LogP contribution is -2.22. The molecule has 20 heavy (non-hydrogen) atoms. The van der Waals surface area contributed by atoms with Crippen molar-refractivity contribution in [3.05, 3.63) is 36.2 Å². The van der Waals surface area contributed by atoms with Crippen LogP contribution in [-0.2, 0) is 11.3 Å². The van der Waals surface area contributed by atoms with Gasteiger partial charge in [0.1, 0.15) is 0 Å². The van der Waals surface area contributed by atoms with E-state index in [2.05, 4.69) is 15.5 Å². The first-order chi connectivity index (χ1) is 9.66. The summed E-state index contributed by atoms with van der Waals surface area (Å²) in [6.07, 6.45) is 0.784. The van der Waals surface area contributed by atoms with Crippen LogP contribution in [0.4, 0.5) is 0 Å². The SMILES string of the molecule is CN(CCCC(=O)O)Cc1nnnn1-c1ccccc1. The lowest BCUT2D eigenvalue weighted by Gasteiger charge is -2.15. The summed E-state index contributed by atoms with van der Waals surface area (Å²) in [6, 6.07) is 9.66. The second-order valence-electron chi connectivity index (χ2n) is 4.58. The Labute approximate surface area is 116 Å². The molecule has 0 saturated heterocycles. The third-order valence-electron chi connectivity index (χ3n) is 2.88. The highest BCUT2D eigenvalue weighted by molar-refractivity contribution is 5.66. The number of benzene rings is 1. The van der Waals surface area contributed by atoms with Crippen molar-refractivity contribution in [2.45, 2.75) is 19.4 Å². The Morgan fingerprint density at radius 3 is 2.80 bits per heavy atom. The van der Waals surface area contributed by atoms with E-state index < -0.39 is 5.97 Å². The van der Waals surface area contributed by atoms with Crippen LogP contribution in [0, 0.1) is 0 Å². The Morgan fingerprint density at radius 1 is 1.35 bits per heavy atom. The summed E-state index contributed by atoms with van der Waals surface area (Å²) in [4.78, 5) is 12.5. The van der Waals surface area contributed by atoms with E-state index in [9.17, 15) is 4.79 Å². The van der Waals surface area contributed by atoms with Crippen LogP contribution >= 0.6 is 0 Å². The molecule has 1 aromatic heterocycles. The molecule has 0 amide bonds. The molecule has 7 nitrogen and oxygen atoms in total. The van der Waals surface area contributed by atoms with Crippen LogP contribution in [0.1, 0.15) is 18.7 Å². The third-order valence-corrected chi connectivity index (χ3v) is 2.88. The number of carboxylic acid groups (broad SMARTS) is 1. The monoisotopic (exact) mass is 275 g/mol. The van der Waals surface area contributed by atoms with Gasteiger partial charge in [0.15, 0.2) is 5.82 Å². The molecule has 0 bridgehead atoms. The zero-order valence-electron chi connectivity index (χ0n) is 11.3. The Hall–Kier alpha value is -2.28. The van der Waals surface area contributed by atoms with E-state index in [0.717, 1.165) is 11.5 Å². The zero-order chi connectivity index (χ0) is 14.4. The van der Waals surface area contributed by atoms with Crippen molar-refractivity contribution in [1.82, 2.24) is 25.1 Å². The van der Waals surface area contributed by atoms with E-state index in [0.29, 0.717) is 19.5 Å². The van der Waals surface area contributed by atoms with Crippen molar-refractivity contribution in [3.8, 4) is 5.69 Å². The number of para-hydroxylation sites is 1. The van der Waals surface area contributed by atoms with E-state index in [1.807, 2.05) is 42.3 Å². The van der Waals surface area contributed by atoms with Crippen LogP contribution in [0.5, 0.6) is 0 Å². The average molecular weight is 275 g/mol. The molecule has 0 aliphatic rings. The van der Waals surface area contributed by atoms with E-state index in [1.54, 1.807) is 4.68 Å². The minimum atomic E-state index is -0.771. The summed E-state index contributed by atoms with van der Waals surface area (Å²) < 4.78 is 1.69. The average Bonchev–Trinajstić information content (AvgIpc) is 2.87. The maximum Gasteiger partial charge on any atom is 0.303 e. The molecule has 0 fully saturated rings. The first-order valence-electron chi connectivity index (χ1n) is 6.40. The van der Waals surface area contributed by atoms with Crippen LogP contribution < -0.4 is 0 Å². The molecule has 0 radical (unpaired) electrons. The van der Waals surface area contributed by atoms with Gasteiger partial charge in [-0.25, -0.2) is 0 Å². The lowest BCUT2D eigenvalue weighted by atomic mass is 10.3. The van der Waals surface area contributed by atoms with Gasteiger partial charge in [-0.2, -0.15) is 4.68 Å². The van der Waals surface area contributed by atoms with E-state index >= 15 is 0 Å². The molecule has 1 heterocycles. The minimum Gasteiger partial charge on any atom is -0.481 e. The van der Waals surface area contributed by atoms with E-state index in [4.69, 9.17) is 5.11 Å². The number of tetrazole rings is 1. The normalized spacial score (nSPS) is 10.9. The molecule has 0 spiro atoms. The van der Waals surface area contributed by atoms with E-state index in [-0.39, 0.29) is 6.42 Å². The largest absolute Gasteiger partial charge is 0.481 e. The van der Waals surface area contributed by atoms with Gasteiger partial charge in [0.2, 0.25) is 0 Å². The van der Waals surface area contributed by atoms with Crippen molar-refractivity contribution >= 4 is 5.97 Å². The molecular weight excluding hydrogens is 258 g/mol. The number of carboxylic acids is 1. The van der Waals surface area contributed by atoms with Crippen LogP contribution in [0.15, 0.2) is 30.3 Å². The third kappa shape index (κ3) is 3.86. The standard InChI is InChI=1S/C13H17N5O2/c1-17(9-5-8-13(19)20)10-12-14-15-16-18(12)11-6-3-2-4-7-11/h2-4,6-7H,5,8-10H2,1H3,(H,19,20). The molecule has 0 aliphatic heterocycles. The number of carbonyl (C=O) groups is 1. The maximum absolute atomic E-state index is 10.5. The summed E-state index contributed by atoms with van der Waals surface area (Å²) in [6.45, 7) is 1.26. The molecular formula is C13H17N5O2. The molecule has 0 unspecified atom stereocenters. The summed E-state index contributed by atoms with van der Waals surface area (Å²) >= 11 is 0. The number of hydrogen-bond acceptors (Lipinski definition) is 5. The quantitative estimate of drug-likeness (QED) is 0.810. The molecule has 1 aromatic carbocycles. The summed E-state index contributed by atoms with van der Waals surface area (Å²) in [5, 5.41) is 20.3. The van der Waals surface area contributed by atoms with Gasteiger partial charge in [0, 0.05) is 6.42 Å². The summed E-state index contributed by atoms with van der Waals surface area (Å²) in [7, 11) is 1.92. The summed E-state index contributed by atoms with van der Waals surface area (Å²) in [5.74, 6) is -0.0402. The summed E-state index contributed by atoms with van der Waals surface area (Å²) in [5.41, 5.74) is 0.909. The first kappa shape index (κ1) is 14.1. The van der Waals surface area contributed by atoms with E-state index in [1.165, 1.54) is 0 Å². The van der Waals surface area contributed by atoms with Gasteiger partial charge in [-0.1, -0.05) is 18.2 Å². The fourth-order valence-corrected chi connectivity index (χ4v) is 1.89. The topological polar surface area (TPSA) is 84.1 Å². The minimum absolute atomic E-state index is 0.175. The second kappa shape index (κ2) is 6.76. The first-order valence-corrected chi connectivity index (χ1v) is 6.40. The maximum atomic E-state index is 10.5. The molecule has 0 aliphatic carbocycles. The molecule has 0 saturated carbocycles. The highest BCUT2D eigenvalue weighted by Gasteiger charge is 2.10. The Bertz CT molecular complexity index is 555. The van der Waals surface area contributed by atoms with Crippen molar-refractivity contribution < 1.29 is 9.90 Å². The van der Waals surface area contributed by atoms with Gasteiger partial charge >= 0.3 is 5.97 Å². The number of nitrogens with zero attached hydrogens (tertiary/aromatic N) is 5. The van der Waals surface area contributed by atoms with Gasteiger partial charge in [0.05, 0.1) is 12.2 Å². The molecule has 0 atom stereocenters. The Morgan fingerprint density at radius 2 is 2.10 bits per heavy atom. The molecule has 2 rings (SSSR count). The zero-order valence-corrected chi connectivity index (χ0v) is 11.3.